The second-order valence-corrected chi connectivity index (χ2v) is 6.04. The number of aromatic carboxylic acids is 1. The largest absolute Gasteiger partial charge is 0.478 e. The topological polar surface area (TPSA) is 95.5 Å². The highest BCUT2D eigenvalue weighted by atomic mass is 16.4. The quantitative estimate of drug-likeness (QED) is 0.776. The van der Waals surface area contributed by atoms with Crippen LogP contribution >= 0.6 is 0 Å². The number of hydrogen-bond donors (Lipinski definition) is 3. The van der Waals surface area contributed by atoms with Gasteiger partial charge in [-0.3, -0.25) is 9.59 Å². The lowest BCUT2D eigenvalue weighted by molar-refractivity contribution is -0.128. The van der Waals surface area contributed by atoms with Crippen molar-refractivity contribution in [2.24, 2.45) is 5.92 Å². The van der Waals surface area contributed by atoms with Crippen molar-refractivity contribution >= 4 is 23.5 Å². The van der Waals surface area contributed by atoms with Crippen molar-refractivity contribution < 1.29 is 19.5 Å². The van der Waals surface area contributed by atoms with Gasteiger partial charge in [-0.15, -0.1) is 0 Å². The molecule has 1 atom stereocenters. The van der Waals surface area contributed by atoms with Gasteiger partial charge in [0.2, 0.25) is 11.8 Å². The molecule has 1 saturated carbocycles. The van der Waals surface area contributed by atoms with Gasteiger partial charge in [0.25, 0.3) is 0 Å². The summed E-state index contributed by atoms with van der Waals surface area (Å²) in [5, 5.41) is 14.5. The average molecular weight is 318 g/mol. The molecule has 1 aromatic carbocycles. The maximum atomic E-state index is 12.2. The third kappa shape index (κ3) is 4.31. The third-order valence-electron chi connectivity index (χ3n) is 4.21. The molecule has 0 aromatic heterocycles. The summed E-state index contributed by atoms with van der Waals surface area (Å²) < 4.78 is 0. The molecule has 6 nitrogen and oxygen atoms in total. The number of hydrogen-bond acceptors (Lipinski definition) is 3. The van der Waals surface area contributed by atoms with Gasteiger partial charge in [0.15, 0.2) is 0 Å². The summed E-state index contributed by atoms with van der Waals surface area (Å²) in [5.74, 6) is -1.48. The molecule has 0 spiro atoms. The molecule has 3 N–H and O–H groups in total. The Bertz CT molecular complexity index is 621. The van der Waals surface area contributed by atoms with Crippen molar-refractivity contribution in [1.29, 1.82) is 0 Å². The number of benzene rings is 1. The predicted octanol–water partition coefficient (Wildman–Crippen LogP) is 2.33. The van der Waals surface area contributed by atoms with E-state index in [-0.39, 0.29) is 23.3 Å². The fraction of sp³-hybridized carbons (Fsp3) is 0.471. The van der Waals surface area contributed by atoms with Gasteiger partial charge in [-0.2, -0.15) is 0 Å². The lowest BCUT2D eigenvalue weighted by Gasteiger charge is -2.17. The minimum absolute atomic E-state index is 0.00300. The second-order valence-electron chi connectivity index (χ2n) is 6.04. The Morgan fingerprint density at radius 2 is 1.87 bits per heavy atom. The number of carbonyl (C=O) groups excluding carboxylic acids is 2. The molecule has 0 bridgehead atoms. The highest BCUT2D eigenvalue weighted by Gasteiger charge is 2.25. The summed E-state index contributed by atoms with van der Waals surface area (Å²) in [5.41, 5.74) is 1.17. The Kier molecular flexibility index (Phi) is 5.36. The van der Waals surface area contributed by atoms with Gasteiger partial charge in [-0.1, -0.05) is 18.9 Å². The van der Waals surface area contributed by atoms with Crippen molar-refractivity contribution in [3.05, 3.63) is 29.3 Å². The molecule has 0 heterocycles. The van der Waals surface area contributed by atoms with E-state index < -0.39 is 12.0 Å². The number of amides is 2. The van der Waals surface area contributed by atoms with E-state index in [1.54, 1.807) is 26.0 Å². The number of rotatable bonds is 5. The Morgan fingerprint density at radius 3 is 2.48 bits per heavy atom. The minimum Gasteiger partial charge on any atom is -0.478 e. The van der Waals surface area contributed by atoms with Gasteiger partial charge in [0.05, 0.1) is 5.56 Å². The molecule has 1 unspecified atom stereocenters. The Labute approximate surface area is 135 Å². The maximum Gasteiger partial charge on any atom is 0.336 e. The van der Waals surface area contributed by atoms with Crippen molar-refractivity contribution in [3.63, 3.8) is 0 Å². The molecule has 1 aromatic rings. The third-order valence-corrected chi connectivity index (χ3v) is 4.21. The highest BCUT2D eigenvalue weighted by molar-refractivity contribution is 5.98. The van der Waals surface area contributed by atoms with Crippen molar-refractivity contribution in [2.75, 3.05) is 5.32 Å². The summed E-state index contributed by atoms with van der Waals surface area (Å²) in [6, 6.07) is 4.03. The molecule has 1 aliphatic rings. The number of nitrogens with one attached hydrogen (secondary N) is 2. The minimum atomic E-state index is -1.04. The number of aryl methyl sites for hydroxylation is 1. The Balaban J connectivity index is 1.96. The molecule has 0 saturated heterocycles. The van der Waals surface area contributed by atoms with Crippen LogP contribution in [0.5, 0.6) is 0 Å². The molecule has 1 fully saturated rings. The number of carboxylic acids is 1. The first-order valence-electron chi connectivity index (χ1n) is 7.83. The molecular formula is C17H22N2O4. The van der Waals surface area contributed by atoms with Crippen molar-refractivity contribution in [3.8, 4) is 0 Å². The zero-order valence-corrected chi connectivity index (χ0v) is 13.4. The molecule has 6 heteroatoms. The molecular weight excluding hydrogens is 296 g/mol. The van der Waals surface area contributed by atoms with E-state index in [1.165, 1.54) is 6.07 Å². The zero-order chi connectivity index (χ0) is 17.0. The smallest absolute Gasteiger partial charge is 0.336 e. The van der Waals surface area contributed by atoms with Crippen LogP contribution in [-0.4, -0.2) is 28.9 Å². The predicted molar refractivity (Wildman–Crippen MR) is 86.3 cm³/mol. The lowest BCUT2D eigenvalue weighted by atomic mass is 10.1. The standard InChI is InChI=1S/C17H22N2O4/c1-10-7-8-13(9-14(10)17(22)23)19-15(20)11(2)18-16(21)12-5-3-4-6-12/h7-9,11-12H,3-6H2,1-2H3,(H,18,21)(H,19,20)(H,22,23). The SMILES string of the molecule is Cc1ccc(NC(=O)C(C)NC(=O)C2CCCC2)cc1C(=O)O. The van der Waals surface area contributed by atoms with Crippen LogP contribution in [0.2, 0.25) is 0 Å². The van der Waals surface area contributed by atoms with E-state index in [2.05, 4.69) is 10.6 Å². The first kappa shape index (κ1) is 17.0. The molecule has 1 aliphatic carbocycles. The number of anilines is 1. The van der Waals surface area contributed by atoms with E-state index in [9.17, 15) is 14.4 Å². The number of carboxylic acid groups (broad SMARTS) is 1. The lowest BCUT2D eigenvalue weighted by Crippen LogP contribution is -2.43. The van der Waals surface area contributed by atoms with Gasteiger partial charge in [-0.25, -0.2) is 4.79 Å². The van der Waals surface area contributed by atoms with E-state index in [1.807, 2.05) is 0 Å². The second kappa shape index (κ2) is 7.26. The van der Waals surface area contributed by atoms with Gasteiger partial charge in [-0.05, 0) is 44.4 Å². The van der Waals surface area contributed by atoms with Crippen LogP contribution in [0.15, 0.2) is 18.2 Å². The van der Waals surface area contributed by atoms with Crippen LogP contribution in [0.4, 0.5) is 5.69 Å². The highest BCUT2D eigenvalue weighted by Crippen LogP contribution is 2.24. The van der Waals surface area contributed by atoms with Gasteiger partial charge in [0.1, 0.15) is 6.04 Å². The van der Waals surface area contributed by atoms with Crippen LogP contribution in [0.1, 0.15) is 48.5 Å². The Morgan fingerprint density at radius 1 is 1.22 bits per heavy atom. The summed E-state index contributed by atoms with van der Waals surface area (Å²) in [6.45, 7) is 3.31. The summed E-state index contributed by atoms with van der Waals surface area (Å²) in [6.07, 6.45) is 3.86. The fourth-order valence-corrected chi connectivity index (χ4v) is 2.77. The van der Waals surface area contributed by atoms with Crippen LogP contribution in [0.3, 0.4) is 0 Å². The first-order valence-corrected chi connectivity index (χ1v) is 7.83. The van der Waals surface area contributed by atoms with Crippen LogP contribution < -0.4 is 10.6 Å². The van der Waals surface area contributed by atoms with Crippen LogP contribution in [0, 0.1) is 12.8 Å². The summed E-state index contributed by atoms with van der Waals surface area (Å²) in [4.78, 5) is 35.3. The van der Waals surface area contributed by atoms with E-state index in [0.717, 1.165) is 25.7 Å². The molecule has 2 rings (SSSR count). The maximum absolute atomic E-state index is 12.2. The summed E-state index contributed by atoms with van der Waals surface area (Å²) in [7, 11) is 0. The van der Waals surface area contributed by atoms with Gasteiger partial charge in [0, 0.05) is 11.6 Å². The van der Waals surface area contributed by atoms with Gasteiger partial charge >= 0.3 is 5.97 Å². The first-order chi connectivity index (χ1) is 10.9. The van der Waals surface area contributed by atoms with Crippen LogP contribution in [0.25, 0.3) is 0 Å². The van der Waals surface area contributed by atoms with Crippen LogP contribution in [-0.2, 0) is 9.59 Å². The summed E-state index contributed by atoms with van der Waals surface area (Å²) >= 11 is 0. The van der Waals surface area contributed by atoms with E-state index >= 15 is 0 Å². The van der Waals surface area contributed by atoms with E-state index in [4.69, 9.17) is 5.11 Å². The molecule has 0 radical (unpaired) electrons. The molecule has 0 aliphatic heterocycles. The van der Waals surface area contributed by atoms with E-state index in [0.29, 0.717) is 11.3 Å². The normalized spacial score (nSPS) is 15.9. The molecule has 23 heavy (non-hydrogen) atoms. The van der Waals surface area contributed by atoms with Gasteiger partial charge < -0.3 is 15.7 Å². The average Bonchev–Trinajstić information content (AvgIpc) is 3.03. The van der Waals surface area contributed by atoms with Crippen molar-refractivity contribution in [1.82, 2.24) is 5.32 Å². The monoisotopic (exact) mass is 318 g/mol. The van der Waals surface area contributed by atoms with Crippen molar-refractivity contribution in [2.45, 2.75) is 45.6 Å². The number of carbonyl (C=O) groups is 3. The zero-order valence-electron chi connectivity index (χ0n) is 13.4. The Hall–Kier alpha value is -2.37. The molecule has 124 valence electrons. The molecule has 2 amide bonds. The fourth-order valence-electron chi connectivity index (χ4n) is 2.77.